The van der Waals surface area contributed by atoms with Gasteiger partial charge in [0.2, 0.25) is 0 Å². The van der Waals surface area contributed by atoms with E-state index in [-0.39, 0.29) is 18.0 Å². The molecule has 0 saturated heterocycles. The average Bonchev–Trinajstić information content (AvgIpc) is 2.05. The molecule has 78 valence electrons. The van der Waals surface area contributed by atoms with Crippen molar-refractivity contribution >= 4 is 17.7 Å². The van der Waals surface area contributed by atoms with Crippen molar-refractivity contribution in [2.75, 3.05) is 20.0 Å². The maximum absolute atomic E-state index is 10.3. The molecule has 13 heavy (non-hydrogen) atoms. The molecular weight excluding hydrogens is 192 g/mol. The third-order valence-corrected chi connectivity index (χ3v) is 2.71. The van der Waals surface area contributed by atoms with Gasteiger partial charge in [0.25, 0.3) is 0 Å². The summed E-state index contributed by atoms with van der Waals surface area (Å²) in [6.45, 7) is 1.88. The normalized spacial score (nSPS) is 13.2. The number of ether oxygens (including phenoxy) is 2. The van der Waals surface area contributed by atoms with Crippen molar-refractivity contribution in [1.82, 2.24) is 0 Å². The van der Waals surface area contributed by atoms with Crippen LogP contribution in [0.2, 0.25) is 0 Å². The van der Waals surface area contributed by atoms with Gasteiger partial charge in [-0.1, -0.05) is 6.92 Å². The van der Waals surface area contributed by atoms with Gasteiger partial charge in [0.05, 0.1) is 6.42 Å². The summed E-state index contributed by atoms with van der Waals surface area (Å²) in [7, 11) is 3.13. The summed E-state index contributed by atoms with van der Waals surface area (Å²) < 4.78 is 9.93. The van der Waals surface area contributed by atoms with Crippen molar-refractivity contribution in [2.45, 2.75) is 24.9 Å². The lowest BCUT2D eigenvalue weighted by atomic mass is 10.3. The van der Waals surface area contributed by atoms with Crippen molar-refractivity contribution in [1.29, 1.82) is 0 Å². The summed E-state index contributed by atoms with van der Waals surface area (Å²) in [4.78, 5) is 10.3. The SMILES string of the molecule is COC(CSC(C)CC(=O)O)OC. The zero-order valence-corrected chi connectivity index (χ0v) is 8.97. The van der Waals surface area contributed by atoms with E-state index in [0.29, 0.717) is 5.75 Å². The molecule has 0 heterocycles. The Balaban J connectivity index is 3.55. The predicted molar refractivity (Wildman–Crippen MR) is 52.0 cm³/mol. The third kappa shape index (κ3) is 6.86. The van der Waals surface area contributed by atoms with Crippen molar-refractivity contribution < 1.29 is 19.4 Å². The average molecular weight is 208 g/mol. The highest BCUT2D eigenvalue weighted by Gasteiger charge is 2.11. The Hall–Kier alpha value is -0.260. The Labute approximate surface area is 82.6 Å². The van der Waals surface area contributed by atoms with Gasteiger partial charge in [-0.3, -0.25) is 4.79 Å². The van der Waals surface area contributed by atoms with E-state index in [2.05, 4.69) is 0 Å². The standard InChI is InChI=1S/C8H16O4S/c1-6(4-7(9)10)13-5-8(11-2)12-3/h6,8H,4-5H2,1-3H3,(H,9,10). The molecular formula is C8H16O4S. The second kappa shape index (κ2) is 7.17. The molecule has 0 aromatic rings. The molecule has 0 fully saturated rings. The molecule has 1 N–H and O–H groups in total. The molecule has 0 aromatic carbocycles. The topological polar surface area (TPSA) is 55.8 Å². The number of carbonyl (C=O) groups is 1. The fraction of sp³-hybridized carbons (Fsp3) is 0.875. The largest absolute Gasteiger partial charge is 0.481 e. The highest BCUT2D eigenvalue weighted by atomic mass is 32.2. The van der Waals surface area contributed by atoms with Crippen LogP contribution in [0.1, 0.15) is 13.3 Å². The van der Waals surface area contributed by atoms with Crippen LogP contribution >= 0.6 is 11.8 Å². The van der Waals surface area contributed by atoms with Crippen LogP contribution in [-0.2, 0) is 14.3 Å². The number of hydrogen-bond acceptors (Lipinski definition) is 4. The summed E-state index contributed by atoms with van der Waals surface area (Å²) in [5.74, 6) is -0.118. The van der Waals surface area contributed by atoms with Crippen molar-refractivity contribution in [3.05, 3.63) is 0 Å². The number of thioether (sulfide) groups is 1. The summed E-state index contributed by atoms with van der Waals surface area (Å²) in [5, 5.41) is 8.58. The molecule has 5 heteroatoms. The van der Waals surface area contributed by atoms with Crippen molar-refractivity contribution in [2.24, 2.45) is 0 Å². The molecule has 0 bridgehead atoms. The van der Waals surface area contributed by atoms with Crippen molar-refractivity contribution in [3.8, 4) is 0 Å². The van der Waals surface area contributed by atoms with Crippen LogP contribution in [0.15, 0.2) is 0 Å². The molecule has 0 saturated carbocycles. The Kier molecular flexibility index (Phi) is 7.03. The number of methoxy groups -OCH3 is 2. The minimum absolute atomic E-state index is 0.0882. The zero-order chi connectivity index (χ0) is 10.3. The first kappa shape index (κ1) is 12.7. The van der Waals surface area contributed by atoms with Gasteiger partial charge in [-0.2, -0.15) is 11.8 Å². The molecule has 1 atom stereocenters. The van der Waals surface area contributed by atoms with E-state index in [9.17, 15) is 4.79 Å². The highest BCUT2D eigenvalue weighted by Crippen LogP contribution is 2.16. The molecule has 0 amide bonds. The maximum atomic E-state index is 10.3. The van der Waals surface area contributed by atoms with E-state index in [4.69, 9.17) is 14.6 Å². The van der Waals surface area contributed by atoms with Crippen LogP contribution < -0.4 is 0 Å². The Morgan fingerprint density at radius 3 is 2.38 bits per heavy atom. The Morgan fingerprint density at radius 1 is 1.46 bits per heavy atom. The van der Waals surface area contributed by atoms with E-state index in [1.165, 1.54) is 11.8 Å². The first-order valence-electron chi connectivity index (χ1n) is 3.99. The first-order chi connectivity index (χ1) is 6.10. The highest BCUT2D eigenvalue weighted by molar-refractivity contribution is 7.99. The number of carboxylic acids is 1. The van der Waals surface area contributed by atoms with E-state index in [1.54, 1.807) is 14.2 Å². The van der Waals surface area contributed by atoms with Crippen LogP contribution in [0.3, 0.4) is 0 Å². The summed E-state index contributed by atoms with van der Waals surface area (Å²) >= 11 is 1.53. The van der Waals surface area contributed by atoms with Gasteiger partial charge in [0.15, 0.2) is 6.29 Å². The lowest BCUT2D eigenvalue weighted by Crippen LogP contribution is -2.18. The van der Waals surface area contributed by atoms with Gasteiger partial charge < -0.3 is 14.6 Å². The van der Waals surface area contributed by atoms with Crippen molar-refractivity contribution in [3.63, 3.8) is 0 Å². The molecule has 1 unspecified atom stereocenters. The van der Waals surface area contributed by atoms with Gasteiger partial charge in [-0.15, -0.1) is 0 Å². The van der Waals surface area contributed by atoms with Crippen LogP contribution in [-0.4, -0.2) is 42.6 Å². The second-order valence-corrected chi connectivity index (χ2v) is 4.11. The minimum Gasteiger partial charge on any atom is -0.481 e. The first-order valence-corrected chi connectivity index (χ1v) is 5.04. The van der Waals surface area contributed by atoms with Crippen LogP contribution in [0.5, 0.6) is 0 Å². The molecule has 0 aromatic heterocycles. The fourth-order valence-electron chi connectivity index (χ4n) is 0.780. The van der Waals surface area contributed by atoms with E-state index >= 15 is 0 Å². The number of rotatable bonds is 7. The zero-order valence-electron chi connectivity index (χ0n) is 8.15. The van der Waals surface area contributed by atoms with Gasteiger partial charge in [0, 0.05) is 25.2 Å². The quantitative estimate of drug-likeness (QED) is 0.637. The molecule has 0 aliphatic carbocycles. The molecule has 0 spiro atoms. The number of hydrogen-bond donors (Lipinski definition) is 1. The molecule has 0 rings (SSSR count). The van der Waals surface area contributed by atoms with Crippen LogP contribution in [0.4, 0.5) is 0 Å². The predicted octanol–water partition coefficient (Wildman–Crippen LogP) is 1.20. The van der Waals surface area contributed by atoms with Crippen LogP contribution in [0.25, 0.3) is 0 Å². The summed E-state index contributed by atoms with van der Waals surface area (Å²) in [5.41, 5.74) is 0. The van der Waals surface area contributed by atoms with Crippen LogP contribution in [0, 0.1) is 0 Å². The second-order valence-electron chi connectivity index (χ2n) is 2.64. The lowest BCUT2D eigenvalue weighted by molar-refractivity contribution is -0.136. The fourth-order valence-corrected chi connectivity index (χ4v) is 1.80. The monoisotopic (exact) mass is 208 g/mol. The summed E-state index contributed by atoms with van der Waals surface area (Å²) in [6.07, 6.45) is -0.0774. The third-order valence-electron chi connectivity index (χ3n) is 1.50. The van der Waals surface area contributed by atoms with Gasteiger partial charge in [-0.05, 0) is 0 Å². The van der Waals surface area contributed by atoms with E-state index in [0.717, 1.165) is 0 Å². The molecule has 0 radical (unpaired) electrons. The van der Waals surface area contributed by atoms with Gasteiger partial charge in [-0.25, -0.2) is 0 Å². The Morgan fingerprint density at radius 2 is 2.00 bits per heavy atom. The molecule has 0 aliphatic rings. The molecule has 0 aliphatic heterocycles. The summed E-state index contributed by atoms with van der Waals surface area (Å²) in [6, 6.07) is 0. The van der Waals surface area contributed by atoms with Gasteiger partial charge in [0.1, 0.15) is 0 Å². The number of aliphatic carboxylic acids is 1. The maximum Gasteiger partial charge on any atom is 0.304 e. The minimum atomic E-state index is -0.772. The smallest absolute Gasteiger partial charge is 0.304 e. The van der Waals surface area contributed by atoms with E-state index in [1.807, 2.05) is 6.92 Å². The Bertz CT molecular complexity index is 147. The van der Waals surface area contributed by atoms with Gasteiger partial charge >= 0.3 is 5.97 Å². The molecule has 4 nitrogen and oxygen atoms in total. The lowest BCUT2D eigenvalue weighted by Gasteiger charge is -2.15. The van der Waals surface area contributed by atoms with E-state index < -0.39 is 5.97 Å². The number of carboxylic acid groups (broad SMARTS) is 1.